The van der Waals surface area contributed by atoms with Crippen molar-refractivity contribution in [2.45, 2.75) is 304 Å². The third kappa shape index (κ3) is 34.6. The van der Waals surface area contributed by atoms with E-state index in [2.05, 4.69) is 146 Å². The molecule has 2 unspecified atom stereocenters. The summed E-state index contributed by atoms with van der Waals surface area (Å²) in [7, 11) is -11.6. The molecule has 22 nitrogen and oxygen atoms in total. The lowest BCUT2D eigenvalue weighted by Crippen LogP contribution is -2.66. The molecule has 0 amide bonds. The molecule has 0 spiro atoms. The standard InChI is InChI=1S/C73H122O22P2/c1-48(2)23-13-24-49(3)25-14-26-50(4)27-15-28-51(5)29-16-30-52(6)31-17-32-53(7)33-18-34-54(8)35-19-36-55(9)37-20-38-56(10)39-21-40-57(11)41-22-42-58(12)43-44-88-96(84,85)95-97(86,87)94-73-67(82)65(80)69(61(47-76)91-73)92-72-68(83)70(63(78)60(46-75)90-72)93-71-66(81)64(79)62(77)59(45-74)89-71/h23,25,27,29,31,33,35,37,39,41,43,59-83H,13-22,24,26,28,30,32,34,36,38,40,42,44-47H2,1-12H3,(H,84,85)(H,86,87)/p-2/b49-25+,50-27+,51-29-,52-31-,53-33-,54-35-,55-37-,56-39-,57-41-,58-43-/t59-,60-,61-,62-,63-,64+,65-,66+,67-,68-,69-,70+,71-,72+,73-/m1/s1. The van der Waals surface area contributed by atoms with E-state index >= 15 is 0 Å². The summed E-state index contributed by atoms with van der Waals surface area (Å²) in [5, 5.41) is 104. The summed E-state index contributed by atoms with van der Waals surface area (Å²) < 4.78 is 66.1. The molecule has 17 atom stereocenters. The van der Waals surface area contributed by atoms with Gasteiger partial charge in [-0.05, 0) is 212 Å². The van der Waals surface area contributed by atoms with Crippen LogP contribution in [0.25, 0.3) is 0 Å². The predicted octanol–water partition coefficient (Wildman–Crippen LogP) is 10.7. The Balaban J connectivity index is 1.31. The highest BCUT2D eigenvalue weighted by atomic mass is 31.3. The number of aliphatic hydroxyl groups is 10. The fourth-order valence-electron chi connectivity index (χ4n) is 11.2. The van der Waals surface area contributed by atoms with Crippen LogP contribution < -0.4 is 9.79 Å². The highest BCUT2D eigenvalue weighted by Crippen LogP contribution is 2.57. The van der Waals surface area contributed by atoms with E-state index in [0.717, 1.165) is 121 Å². The van der Waals surface area contributed by atoms with Crippen LogP contribution in [0.1, 0.15) is 212 Å². The van der Waals surface area contributed by atoms with Crippen molar-refractivity contribution in [1.29, 1.82) is 0 Å². The minimum atomic E-state index is -5.99. The van der Waals surface area contributed by atoms with Gasteiger partial charge in [0.1, 0.15) is 73.2 Å². The number of aliphatic hydroxyl groups excluding tert-OH is 10. The van der Waals surface area contributed by atoms with Crippen LogP contribution >= 0.6 is 15.6 Å². The Hall–Kier alpha value is -3.20. The first-order valence-corrected chi connectivity index (χ1v) is 37.4. The molecule has 556 valence electrons. The quantitative estimate of drug-likeness (QED) is 0.0200. The largest absolute Gasteiger partial charge is 0.756 e. The first-order valence-electron chi connectivity index (χ1n) is 34.5. The SMILES string of the molecule is CC(C)=CCC/C(C)=C/CC/C(C)=C/CC/C(C)=C\CC/C(C)=C\CC/C(C)=C\CC/C(C)=C\CC/C(C)=C\CC/C(C)=C\CC/C(C)=C\CC/C(C)=C\COP(=O)([O-])OP(=O)([O-])O[C@H]1O[C@H](CO)[C@@H](O[C@@H]2O[C@H](CO)[C@@H](O)[C@H](O[C@H]3O[C@H](CO)[C@@H](O)[C@H](O)[C@@H]3O)[C@H]2O)[C@H](O)[C@H]1O. The van der Waals surface area contributed by atoms with E-state index in [-0.39, 0.29) is 0 Å². The summed E-state index contributed by atoms with van der Waals surface area (Å²) in [5.74, 6) is 0. The highest BCUT2D eigenvalue weighted by Gasteiger charge is 2.54. The maximum Gasteiger partial charge on any atom is 0.276 e. The van der Waals surface area contributed by atoms with Crippen LogP contribution in [0, 0.1) is 0 Å². The van der Waals surface area contributed by atoms with Gasteiger partial charge < -0.3 is 89.1 Å². The summed E-state index contributed by atoms with van der Waals surface area (Å²) >= 11 is 0. The third-order valence-corrected chi connectivity index (χ3v) is 20.1. The van der Waals surface area contributed by atoms with Gasteiger partial charge in [-0.25, -0.2) is 4.31 Å². The molecule has 0 aromatic rings. The molecule has 0 saturated carbocycles. The van der Waals surface area contributed by atoms with Gasteiger partial charge in [0.2, 0.25) is 0 Å². The maximum absolute atomic E-state index is 12.8. The van der Waals surface area contributed by atoms with E-state index in [1.54, 1.807) is 6.92 Å². The number of phosphoric acid groups is 2. The van der Waals surface area contributed by atoms with Crippen molar-refractivity contribution in [1.82, 2.24) is 0 Å². The van der Waals surface area contributed by atoms with Crippen molar-refractivity contribution >= 4 is 15.6 Å². The van der Waals surface area contributed by atoms with Crippen LogP contribution in [0.4, 0.5) is 0 Å². The van der Waals surface area contributed by atoms with Gasteiger partial charge >= 0.3 is 0 Å². The second kappa shape index (κ2) is 46.4. The van der Waals surface area contributed by atoms with E-state index in [0.29, 0.717) is 12.8 Å². The highest BCUT2D eigenvalue weighted by molar-refractivity contribution is 7.59. The van der Waals surface area contributed by atoms with E-state index in [1.807, 2.05) is 0 Å². The van der Waals surface area contributed by atoms with Crippen LogP contribution in [0.5, 0.6) is 0 Å². The Morgan fingerprint density at radius 1 is 0.340 bits per heavy atom. The lowest BCUT2D eigenvalue weighted by molar-refractivity contribution is -0.379. The van der Waals surface area contributed by atoms with Gasteiger partial charge in [-0.3, -0.25) is 13.7 Å². The smallest absolute Gasteiger partial charge is 0.276 e. The lowest BCUT2D eigenvalue weighted by Gasteiger charge is -2.48. The fourth-order valence-corrected chi connectivity index (χ4v) is 13.2. The zero-order chi connectivity index (χ0) is 72.4. The summed E-state index contributed by atoms with van der Waals surface area (Å²) in [6, 6.07) is 0. The van der Waals surface area contributed by atoms with E-state index in [9.17, 15) is 70.0 Å². The average molecular weight is 1410 g/mol. The van der Waals surface area contributed by atoms with Crippen molar-refractivity contribution < 1.29 is 107 Å². The lowest BCUT2D eigenvalue weighted by atomic mass is 9.96. The molecule has 0 aliphatic carbocycles. The molecule has 0 radical (unpaired) electrons. The second-order valence-electron chi connectivity index (χ2n) is 26.9. The van der Waals surface area contributed by atoms with Gasteiger partial charge in [-0.2, -0.15) is 0 Å². The van der Waals surface area contributed by atoms with Crippen molar-refractivity contribution in [2.24, 2.45) is 0 Å². The van der Waals surface area contributed by atoms with Gasteiger partial charge in [0.25, 0.3) is 15.6 Å². The molecule has 3 rings (SSSR count). The van der Waals surface area contributed by atoms with Crippen molar-refractivity contribution in [3.05, 3.63) is 128 Å². The predicted molar refractivity (Wildman–Crippen MR) is 372 cm³/mol. The molecule has 3 aliphatic heterocycles. The molecular formula is C73H120O22P2-2. The first kappa shape index (κ1) is 88.0. The fraction of sp³-hybridized carbons (Fsp3) is 0.699. The molecule has 3 fully saturated rings. The molecule has 97 heavy (non-hydrogen) atoms. The van der Waals surface area contributed by atoms with Crippen LogP contribution in [-0.4, -0.2) is 170 Å². The maximum atomic E-state index is 12.8. The minimum absolute atomic E-state index is 0.552. The Morgan fingerprint density at radius 2 is 0.629 bits per heavy atom. The third-order valence-electron chi connectivity index (χ3n) is 17.5. The molecule has 10 N–H and O–H groups in total. The van der Waals surface area contributed by atoms with E-state index in [1.165, 1.54) is 61.8 Å². The van der Waals surface area contributed by atoms with Crippen molar-refractivity contribution in [2.75, 3.05) is 26.4 Å². The number of ether oxygens (including phenoxy) is 5. The average Bonchev–Trinajstić information content (AvgIpc) is 0.783. The van der Waals surface area contributed by atoms with Gasteiger partial charge in [0.15, 0.2) is 18.9 Å². The summed E-state index contributed by atoms with van der Waals surface area (Å²) in [6.07, 6.45) is 16.2. The summed E-state index contributed by atoms with van der Waals surface area (Å²) in [5.41, 5.74) is 15.0. The number of phosphoric ester groups is 2. The van der Waals surface area contributed by atoms with Crippen molar-refractivity contribution in [3.8, 4) is 0 Å². The number of allylic oxidation sites excluding steroid dienone is 21. The molecule has 3 heterocycles. The Morgan fingerprint density at radius 3 is 0.969 bits per heavy atom. The number of rotatable bonds is 44. The molecule has 3 aliphatic rings. The monoisotopic (exact) mass is 1410 g/mol. The Kier molecular flexibility index (Phi) is 42.1. The van der Waals surface area contributed by atoms with Crippen LogP contribution in [-0.2, 0) is 46.2 Å². The molecule has 0 aromatic carbocycles. The van der Waals surface area contributed by atoms with Crippen LogP contribution in [0.2, 0.25) is 0 Å². The topological polar surface area (TPSA) is 356 Å². The Bertz CT molecular complexity index is 2790. The van der Waals surface area contributed by atoms with Crippen LogP contribution in [0.3, 0.4) is 0 Å². The molecule has 24 heteroatoms. The number of hydrogen-bond donors (Lipinski definition) is 10. The molecule has 0 aromatic heterocycles. The molecule has 0 bridgehead atoms. The van der Waals surface area contributed by atoms with E-state index < -0.39 is 134 Å². The zero-order valence-corrected chi connectivity index (χ0v) is 61.5. The van der Waals surface area contributed by atoms with E-state index in [4.69, 9.17) is 28.2 Å². The zero-order valence-electron chi connectivity index (χ0n) is 59.7. The molecule has 3 saturated heterocycles. The first-order chi connectivity index (χ1) is 45.8. The summed E-state index contributed by atoms with van der Waals surface area (Å²) in [6.45, 7) is 22.6. The molecular weight excluding hydrogens is 1290 g/mol. The van der Waals surface area contributed by atoms with Gasteiger partial charge in [0, 0.05) is 0 Å². The van der Waals surface area contributed by atoms with Gasteiger partial charge in [-0.15, -0.1) is 0 Å². The van der Waals surface area contributed by atoms with Gasteiger partial charge in [0.05, 0.1) is 26.4 Å². The summed E-state index contributed by atoms with van der Waals surface area (Å²) in [4.78, 5) is 25.4. The number of hydrogen-bond acceptors (Lipinski definition) is 22. The minimum Gasteiger partial charge on any atom is -0.756 e. The van der Waals surface area contributed by atoms with Gasteiger partial charge in [-0.1, -0.05) is 128 Å². The second-order valence-corrected chi connectivity index (χ2v) is 29.8. The van der Waals surface area contributed by atoms with Crippen molar-refractivity contribution in [3.63, 3.8) is 0 Å². The normalized spacial score (nSPS) is 29.4. The van der Waals surface area contributed by atoms with Crippen LogP contribution in [0.15, 0.2) is 128 Å². The Labute approximate surface area is 578 Å².